The lowest BCUT2D eigenvalue weighted by molar-refractivity contribution is -0.305. The third kappa shape index (κ3) is 10.2. The third-order valence-corrected chi connectivity index (χ3v) is 4.46. The topological polar surface area (TPSA) is 104 Å². The van der Waals surface area contributed by atoms with Gasteiger partial charge in [-0.1, -0.05) is 57.8 Å². The summed E-state index contributed by atoms with van der Waals surface area (Å²) in [5, 5.41) is 10.9. The highest BCUT2D eigenvalue weighted by Gasteiger charge is 2.32. The molecule has 0 aromatic rings. The van der Waals surface area contributed by atoms with E-state index in [1.165, 1.54) is 19.3 Å². The zero-order valence-corrected chi connectivity index (χ0v) is 15.5. The van der Waals surface area contributed by atoms with Gasteiger partial charge in [0.05, 0.1) is 0 Å². The minimum absolute atomic E-state index is 0.117. The van der Waals surface area contributed by atoms with Crippen LogP contribution >= 0.6 is 0 Å². The van der Waals surface area contributed by atoms with E-state index >= 15 is 0 Å². The summed E-state index contributed by atoms with van der Waals surface area (Å²) in [5.41, 5.74) is 0. The van der Waals surface area contributed by atoms with Gasteiger partial charge in [0.25, 0.3) is 11.8 Å². The minimum atomic E-state index is -0.962. The molecule has 0 aliphatic carbocycles. The molecular formula is C19H30NO6-. The number of unbranched alkanes of at least 4 members (excludes halogenated alkanes) is 10. The molecule has 0 unspecified atom stereocenters. The number of hydroxylamine groups is 2. The summed E-state index contributed by atoms with van der Waals surface area (Å²) in [6.45, 7) is 0. The molecule has 1 fully saturated rings. The number of hydrogen-bond donors (Lipinski definition) is 0. The average molecular weight is 368 g/mol. The number of hydrogen-bond acceptors (Lipinski definition) is 6. The Hall–Kier alpha value is -1.92. The number of imide groups is 1. The Labute approximate surface area is 155 Å². The number of amides is 2. The van der Waals surface area contributed by atoms with E-state index < -0.39 is 23.8 Å². The lowest BCUT2D eigenvalue weighted by Gasteiger charge is -2.12. The van der Waals surface area contributed by atoms with Crippen LogP contribution in [-0.2, 0) is 24.0 Å². The fourth-order valence-electron chi connectivity index (χ4n) is 2.93. The van der Waals surface area contributed by atoms with E-state index in [9.17, 15) is 24.3 Å². The zero-order valence-electron chi connectivity index (χ0n) is 15.5. The lowest BCUT2D eigenvalue weighted by Crippen LogP contribution is -2.31. The Morgan fingerprint density at radius 1 is 0.731 bits per heavy atom. The molecule has 0 bridgehead atoms. The molecule has 0 aromatic carbocycles. The van der Waals surface area contributed by atoms with Crippen molar-refractivity contribution in [1.29, 1.82) is 0 Å². The standard InChI is InChI=1S/C19H31NO6/c21-16-14-15-17(22)20(16)26-19(25)13-11-9-7-5-3-1-2-4-6-8-10-12-18(23)24/h1-15H2,(H,23,24)/p-1. The molecule has 0 spiro atoms. The maximum atomic E-state index is 11.6. The van der Waals surface area contributed by atoms with E-state index in [2.05, 4.69) is 0 Å². The van der Waals surface area contributed by atoms with Gasteiger partial charge in [-0.2, -0.15) is 0 Å². The molecule has 0 saturated carbocycles. The number of rotatable bonds is 15. The van der Waals surface area contributed by atoms with Crippen LogP contribution in [0.25, 0.3) is 0 Å². The Morgan fingerprint density at radius 2 is 1.12 bits per heavy atom. The predicted octanol–water partition coefficient (Wildman–Crippen LogP) is 2.41. The van der Waals surface area contributed by atoms with Crippen LogP contribution in [0.1, 0.15) is 96.3 Å². The van der Waals surface area contributed by atoms with Gasteiger partial charge in [-0.25, -0.2) is 4.79 Å². The van der Waals surface area contributed by atoms with Gasteiger partial charge >= 0.3 is 5.97 Å². The second kappa shape index (κ2) is 13.3. The van der Waals surface area contributed by atoms with Gasteiger partial charge in [0.2, 0.25) is 0 Å². The molecule has 1 aliphatic heterocycles. The predicted molar refractivity (Wildman–Crippen MR) is 92.2 cm³/mol. The lowest BCUT2D eigenvalue weighted by atomic mass is 10.0. The first-order chi connectivity index (χ1) is 12.5. The number of carboxylic acids is 1. The van der Waals surface area contributed by atoms with Gasteiger partial charge in [-0.15, -0.1) is 5.06 Å². The van der Waals surface area contributed by atoms with Gasteiger partial charge in [0, 0.05) is 25.2 Å². The van der Waals surface area contributed by atoms with Crippen molar-refractivity contribution in [2.24, 2.45) is 0 Å². The molecule has 1 saturated heterocycles. The first-order valence-electron chi connectivity index (χ1n) is 9.77. The second-order valence-electron chi connectivity index (χ2n) is 6.81. The van der Waals surface area contributed by atoms with Crippen LogP contribution in [-0.4, -0.2) is 28.8 Å². The van der Waals surface area contributed by atoms with Crippen molar-refractivity contribution < 1.29 is 29.1 Å². The number of nitrogens with zero attached hydrogens (tertiary/aromatic N) is 1. The maximum absolute atomic E-state index is 11.6. The van der Waals surface area contributed by atoms with Crippen molar-refractivity contribution in [1.82, 2.24) is 5.06 Å². The molecule has 1 aliphatic rings. The maximum Gasteiger partial charge on any atom is 0.333 e. The van der Waals surface area contributed by atoms with Crippen LogP contribution in [0, 0.1) is 0 Å². The summed E-state index contributed by atoms with van der Waals surface area (Å²) in [6, 6.07) is 0. The van der Waals surface area contributed by atoms with Crippen LogP contribution in [0.2, 0.25) is 0 Å². The monoisotopic (exact) mass is 368 g/mol. The Bertz CT molecular complexity index is 461. The van der Waals surface area contributed by atoms with Crippen molar-refractivity contribution in [3.63, 3.8) is 0 Å². The quantitative estimate of drug-likeness (QED) is 0.325. The smallest absolute Gasteiger partial charge is 0.333 e. The molecule has 148 valence electrons. The molecule has 1 heterocycles. The molecule has 0 atom stereocenters. The van der Waals surface area contributed by atoms with Crippen LogP contribution in [0.15, 0.2) is 0 Å². The van der Waals surface area contributed by atoms with Crippen LogP contribution < -0.4 is 5.11 Å². The van der Waals surface area contributed by atoms with Gasteiger partial charge < -0.3 is 14.7 Å². The molecular weight excluding hydrogens is 338 g/mol. The largest absolute Gasteiger partial charge is 0.550 e. The zero-order chi connectivity index (χ0) is 19.2. The summed E-state index contributed by atoms with van der Waals surface area (Å²) in [7, 11) is 0. The first-order valence-corrected chi connectivity index (χ1v) is 9.77. The van der Waals surface area contributed by atoms with Gasteiger partial charge in [0.15, 0.2) is 0 Å². The number of carboxylic acid groups (broad SMARTS) is 1. The van der Waals surface area contributed by atoms with Gasteiger partial charge in [-0.05, 0) is 19.3 Å². The second-order valence-corrected chi connectivity index (χ2v) is 6.81. The Morgan fingerprint density at radius 3 is 1.54 bits per heavy atom. The van der Waals surface area contributed by atoms with Crippen molar-refractivity contribution in [3.8, 4) is 0 Å². The van der Waals surface area contributed by atoms with Crippen molar-refractivity contribution in [2.75, 3.05) is 0 Å². The van der Waals surface area contributed by atoms with Crippen LogP contribution in [0.3, 0.4) is 0 Å². The number of carbonyl (C=O) groups is 4. The molecule has 7 heteroatoms. The highest BCUT2D eigenvalue weighted by molar-refractivity contribution is 6.01. The third-order valence-electron chi connectivity index (χ3n) is 4.46. The molecule has 0 N–H and O–H groups in total. The Kier molecular flexibility index (Phi) is 11.3. The van der Waals surface area contributed by atoms with Crippen molar-refractivity contribution in [2.45, 2.75) is 96.3 Å². The number of carbonyl (C=O) groups excluding carboxylic acids is 4. The molecule has 0 radical (unpaired) electrons. The van der Waals surface area contributed by atoms with E-state index in [-0.39, 0.29) is 25.7 Å². The highest BCUT2D eigenvalue weighted by atomic mass is 16.7. The number of aliphatic carboxylic acids is 1. The normalized spacial score (nSPS) is 14.1. The molecule has 2 amide bonds. The fraction of sp³-hybridized carbons (Fsp3) is 0.789. The average Bonchev–Trinajstić information content (AvgIpc) is 2.90. The van der Waals surface area contributed by atoms with Crippen molar-refractivity contribution in [3.05, 3.63) is 0 Å². The SMILES string of the molecule is O=C([O-])CCCCCCCCCCCCCC(=O)ON1C(=O)CCC1=O. The molecule has 7 nitrogen and oxygen atoms in total. The summed E-state index contributed by atoms with van der Waals surface area (Å²) in [4.78, 5) is 49.3. The van der Waals surface area contributed by atoms with Gasteiger partial charge in [-0.3, -0.25) is 9.59 Å². The highest BCUT2D eigenvalue weighted by Crippen LogP contribution is 2.15. The van der Waals surface area contributed by atoms with Crippen LogP contribution in [0.5, 0.6) is 0 Å². The van der Waals surface area contributed by atoms with E-state index in [1.807, 2.05) is 0 Å². The Balaban J connectivity index is 1.84. The van der Waals surface area contributed by atoms with E-state index in [4.69, 9.17) is 4.84 Å². The van der Waals surface area contributed by atoms with E-state index in [0.717, 1.165) is 38.5 Å². The van der Waals surface area contributed by atoms with E-state index in [0.29, 0.717) is 17.9 Å². The molecule has 1 rings (SSSR count). The van der Waals surface area contributed by atoms with Gasteiger partial charge in [0.1, 0.15) is 0 Å². The molecule has 0 aromatic heterocycles. The summed E-state index contributed by atoms with van der Waals surface area (Å²) in [5.74, 6) is -2.37. The summed E-state index contributed by atoms with van der Waals surface area (Å²) in [6.07, 6.45) is 11.9. The van der Waals surface area contributed by atoms with Crippen molar-refractivity contribution >= 4 is 23.8 Å². The van der Waals surface area contributed by atoms with E-state index in [1.54, 1.807) is 0 Å². The summed E-state index contributed by atoms with van der Waals surface area (Å²) < 4.78 is 0. The van der Waals surface area contributed by atoms with Crippen LogP contribution in [0.4, 0.5) is 0 Å². The molecule has 26 heavy (non-hydrogen) atoms. The first kappa shape index (κ1) is 22.1. The summed E-state index contributed by atoms with van der Waals surface area (Å²) >= 11 is 0. The minimum Gasteiger partial charge on any atom is -0.550 e. The fourth-order valence-corrected chi connectivity index (χ4v) is 2.93.